The Morgan fingerprint density at radius 1 is 1.03 bits per heavy atom. The SMILES string of the molecule is COc1ccccc1C1c2c(C(C)(C)C)n[nH]c2C(=O)N1c1ccc(-c2ccnn2C)cc1. The van der Waals surface area contributed by atoms with Crippen LogP contribution in [0.5, 0.6) is 5.75 Å². The second-order valence-electron chi connectivity index (χ2n) is 9.32. The van der Waals surface area contributed by atoms with Crippen LogP contribution < -0.4 is 9.64 Å². The van der Waals surface area contributed by atoms with Crippen molar-refractivity contribution in [3.8, 4) is 17.0 Å². The van der Waals surface area contributed by atoms with Crippen LogP contribution in [0.1, 0.15) is 54.1 Å². The standard InChI is InChI=1S/C26H27N5O2/c1-26(2,3)24-21-22(28-29-24)25(32)31(23(21)18-8-6-7-9-20(18)33-5)17-12-10-16(11-13-17)19-14-15-27-30(19)4/h6-15,23H,1-5H3,(H,28,29). The number of ether oxygens (including phenoxy) is 1. The summed E-state index contributed by atoms with van der Waals surface area (Å²) >= 11 is 0. The van der Waals surface area contributed by atoms with Crippen molar-refractivity contribution < 1.29 is 9.53 Å². The Bertz CT molecular complexity index is 1330. The third kappa shape index (κ3) is 3.31. The highest BCUT2D eigenvalue weighted by Crippen LogP contribution is 2.47. The van der Waals surface area contributed by atoms with Crippen molar-refractivity contribution in [1.82, 2.24) is 20.0 Å². The Kier molecular flexibility index (Phi) is 4.85. The van der Waals surface area contributed by atoms with E-state index in [0.29, 0.717) is 5.69 Å². The third-order valence-electron chi connectivity index (χ3n) is 6.17. The van der Waals surface area contributed by atoms with Crippen molar-refractivity contribution in [2.45, 2.75) is 32.2 Å². The van der Waals surface area contributed by atoms with Crippen LogP contribution in [-0.2, 0) is 12.5 Å². The number of nitrogens with zero attached hydrogens (tertiary/aromatic N) is 4. The van der Waals surface area contributed by atoms with Gasteiger partial charge in [-0.1, -0.05) is 51.1 Å². The molecule has 0 fully saturated rings. The molecule has 0 saturated carbocycles. The first-order valence-corrected chi connectivity index (χ1v) is 10.9. The lowest BCUT2D eigenvalue weighted by Crippen LogP contribution is -2.30. The Hall–Kier alpha value is -3.87. The molecule has 7 heteroatoms. The molecule has 7 nitrogen and oxygen atoms in total. The van der Waals surface area contributed by atoms with Gasteiger partial charge in [0.2, 0.25) is 0 Å². The van der Waals surface area contributed by atoms with E-state index in [2.05, 4.69) is 36.1 Å². The number of aromatic amines is 1. The van der Waals surface area contributed by atoms with Crippen LogP contribution in [0.3, 0.4) is 0 Å². The number of carbonyl (C=O) groups excluding carboxylic acids is 1. The minimum absolute atomic E-state index is 0.0998. The van der Waals surface area contributed by atoms with Crippen LogP contribution >= 0.6 is 0 Å². The molecule has 2 aromatic heterocycles. The molecule has 33 heavy (non-hydrogen) atoms. The largest absolute Gasteiger partial charge is 0.496 e. The Labute approximate surface area is 193 Å². The highest BCUT2D eigenvalue weighted by molar-refractivity contribution is 6.11. The van der Waals surface area contributed by atoms with Gasteiger partial charge in [0.25, 0.3) is 5.91 Å². The fourth-order valence-corrected chi connectivity index (χ4v) is 4.62. The minimum Gasteiger partial charge on any atom is -0.496 e. The first-order valence-electron chi connectivity index (χ1n) is 10.9. The molecule has 1 N–H and O–H groups in total. The van der Waals surface area contributed by atoms with E-state index in [4.69, 9.17) is 4.74 Å². The van der Waals surface area contributed by atoms with E-state index in [-0.39, 0.29) is 17.4 Å². The quantitative estimate of drug-likeness (QED) is 0.490. The summed E-state index contributed by atoms with van der Waals surface area (Å²) in [7, 11) is 3.57. The summed E-state index contributed by atoms with van der Waals surface area (Å²) in [5.74, 6) is 0.637. The summed E-state index contributed by atoms with van der Waals surface area (Å²) in [5, 5.41) is 11.8. The average Bonchev–Trinajstić information content (AvgIpc) is 3.49. The summed E-state index contributed by atoms with van der Waals surface area (Å²) in [6.07, 6.45) is 1.78. The van der Waals surface area contributed by atoms with Crippen LogP contribution in [0.2, 0.25) is 0 Å². The second-order valence-corrected chi connectivity index (χ2v) is 9.32. The second kappa shape index (κ2) is 7.62. The average molecular weight is 442 g/mol. The van der Waals surface area contributed by atoms with Crippen LogP contribution in [0.25, 0.3) is 11.3 Å². The molecular formula is C26H27N5O2. The number of aromatic nitrogens is 4. The molecular weight excluding hydrogens is 414 g/mol. The maximum atomic E-state index is 13.7. The Morgan fingerprint density at radius 2 is 1.76 bits per heavy atom. The molecule has 1 aliphatic heterocycles. The lowest BCUT2D eigenvalue weighted by atomic mass is 9.85. The fraction of sp³-hybridized carbons (Fsp3) is 0.269. The van der Waals surface area contributed by atoms with E-state index in [9.17, 15) is 4.79 Å². The van der Waals surface area contributed by atoms with Crippen LogP contribution in [0.4, 0.5) is 5.69 Å². The number of carbonyl (C=O) groups is 1. The van der Waals surface area contributed by atoms with Crippen LogP contribution in [-0.4, -0.2) is 33.0 Å². The molecule has 1 aliphatic rings. The van der Waals surface area contributed by atoms with Gasteiger partial charge in [0.1, 0.15) is 11.4 Å². The topological polar surface area (TPSA) is 76.0 Å². The molecule has 0 spiro atoms. The third-order valence-corrected chi connectivity index (χ3v) is 6.17. The monoisotopic (exact) mass is 441 g/mol. The Morgan fingerprint density at radius 3 is 2.39 bits per heavy atom. The number of para-hydroxylation sites is 1. The number of methoxy groups -OCH3 is 1. The van der Waals surface area contributed by atoms with Crippen molar-refractivity contribution in [3.05, 3.63) is 83.3 Å². The van der Waals surface area contributed by atoms with Gasteiger partial charge in [0.15, 0.2) is 0 Å². The van der Waals surface area contributed by atoms with E-state index >= 15 is 0 Å². The molecule has 0 saturated heterocycles. The van der Waals surface area contributed by atoms with Crippen molar-refractivity contribution in [1.29, 1.82) is 0 Å². The highest BCUT2D eigenvalue weighted by Gasteiger charge is 2.45. The van der Waals surface area contributed by atoms with Gasteiger partial charge >= 0.3 is 0 Å². The summed E-state index contributed by atoms with van der Waals surface area (Å²) in [4.78, 5) is 15.5. The number of nitrogens with one attached hydrogen (secondary N) is 1. The number of benzene rings is 2. The van der Waals surface area contributed by atoms with Crippen LogP contribution in [0, 0.1) is 0 Å². The zero-order valence-electron chi connectivity index (χ0n) is 19.5. The van der Waals surface area contributed by atoms with Gasteiger partial charge in [-0.2, -0.15) is 10.2 Å². The number of rotatable bonds is 4. The predicted molar refractivity (Wildman–Crippen MR) is 128 cm³/mol. The first kappa shape index (κ1) is 21.0. The summed E-state index contributed by atoms with van der Waals surface area (Å²) in [5.41, 5.74) is 5.88. The lowest BCUT2D eigenvalue weighted by Gasteiger charge is -2.29. The summed E-state index contributed by atoms with van der Waals surface area (Å²) in [6.45, 7) is 6.33. The van der Waals surface area contributed by atoms with Gasteiger partial charge in [-0.3, -0.25) is 19.5 Å². The van der Waals surface area contributed by atoms with Gasteiger partial charge in [-0.15, -0.1) is 0 Å². The molecule has 1 amide bonds. The molecule has 5 rings (SSSR count). The molecule has 0 aliphatic carbocycles. The molecule has 0 bridgehead atoms. The van der Waals surface area contributed by atoms with Gasteiger partial charge in [-0.25, -0.2) is 0 Å². The smallest absolute Gasteiger partial charge is 0.277 e. The van der Waals surface area contributed by atoms with Gasteiger partial charge in [0.05, 0.1) is 24.5 Å². The van der Waals surface area contributed by atoms with Crippen molar-refractivity contribution in [2.24, 2.45) is 7.05 Å². The normalized spacial score (nSPS) is 15.7. The Balaban J connectivity index is 1.67. The van der Waals surface area contributed by atoms with Gasteiger partial charge in [-0.05, 0) is 29.8 Å². The molecule has 4 aromatic rings. The number of H-pyrrole nitrogens is 1. The number of fused-ring (bicyclic) bond motifs is 1. The molecule has 168 valence electrons. The predicted octanol–water partition coefficient (Wildman–Crippen LogP) is 4.87. The maximum absolute atomic E-state index is 13.7. The summed E-state index contributed by atoms with van der Waals surface area (Å²) < 4.78 is 7.53. The lowest BCUT2D eigenvalue weighted by molar-refractivity contribution is 0.0988. The zero-order valence-corrected chi connectivity index (χ0v) is 19.5. The number of anilines is 1. The number of hydrogen-bond donors (Lipinski definition) is 1. The van der Waals surface area contributed by atoms with E-state index in [0.717, 1.165) is 39.5 Å². The van der Waals surface area contributed by atoms with Crippen molar-refractivity contribution in [2.75, 3.05) is 12.0 Å². The number of aryl methyl sites for hydroxylation is 1. The maximum Gasteiger partial charge on any atom is 0.277 e. The molecule has 1 unspecified atom stereocenters. The minimum atomic E-state index is -0.348. The fourth-order valence-electron chi connectivity index (χ4n) is 4.62. The number of hydrogen-bond acceptors (Lipinski definition) is 4. The zero-order chi connectivity index (χ0) is 23.3. The molecule has 3 heterocycles. The van der Waals surface area contributed by atoms with Gasteiger partial charge in [0, 0.05) is 35.5 Å². The summed E-state index contributed by atoms with van der Waals surface area (Å²) in [6, 6.07) is 17.5. The van der Waals surface area contributed by atoms with E-state index in [1.807, 2.05) is 71.2 Å². The van der Waals surface area contributed by atoms with E-state index < -0.39 is 0 Å². The van der Waals surface area contributed by atoms with E-state index in [1.165, 1.54) is 0 Å². The van der Waals surface area contributed by atoms with Gasteiger partial charge < -0.3 is 4.74 Å². The number of amides is 1. The molecule has 0 radical (unpaired) electrons. The van der Waals surface area contributed by atoms with Crippen molar-refractivity contribution in [3.63, 3.8) is 0 Å². The molecule has 1 atom stereocenters. The molecule has 2 aromatic carbocycles. The van der Waals surface area contributed by atoms with E-state index in [1.54, 1.807) is 13.3 Å². The van der Waals surface area contributed by atoms with Crippen molar-refractivity contribution >= 4 is 11.6 Å². The van der Waals surface area contributed by atoms with Crippen LogP contribution in [0.15, 0.2) is 60.8 Å². The first-order chi connectivity index (χ1) is 15.8. The highest BCUT2D eigenvalue weighted by atomic mass is 16.5.